The van der Waals surface area contributed by atoms with E-state index in [2.05, 4.69) is 21.1 Å². The second kappa shape index (κ2) is 8.43. The van der Waals surface area contributed by atoms with Crippen LogP contribution in [-0.4, -0.2) is 25.6 Å². The zero-order valence-corrected chi connectivity index (χ0v) is 17.4. The lowest BCUT2D eigenvalue weighted by Crippen LogP contribution is -2.14. The first kappa shape index (κ1) is 20.5. The van der Waals surface area contributed by atoms with Gasteiger partial charge in [0.1, 0.15) is 0 Å². The second-order valence-corrected chi connectivity index (χ2v) is 9.34. The third-order valence-corrected chi connectivity index (χ3v) is 5.53. The van der Waals surface area contributed by atoms with E-state index < -0.39 is 10.0 Å². The van der Waals surface area contributed by atoms with E-state index in [0.717, 1.165) is 16.7 Å². The Hall–Kier alpha value is -3.22. The first-order chi connectivity index (χ1) is 13.7. The summed E-state index contributed by atoms with van der Waals surface area (Å²) in [5.74, 6) is -0.374. The van der Waals surface area contributed by atoms with E-state index in [9.17, 15) is 13.2 Å². The first-order valence-corrected chi connectivity index (χ1v) is 11.3. The summed E-state index contributed by atoms with van der Waals surface area (Å²) < 4.78 is 25.4. The predicted octanol–water partition coefficient (Wildman–Crippen LogP) is 3.54. The molecule has 2 N–H and O–H groups in total. The molecule has 0 unspecified atom stereocenters. The van der Waals surface area contributed by atoms with E-state index in [-0.39, 0.29) is 5.91 Å². The van der Waals surface area contributed by atoms with Crippen LogP contribution in [-0.2, 0) is 16.4 Å². The predicted molar refractivity (Wildman–Crippen MR) is 114 cm³/mol. The number of nitrogens with zero attached hydrogens (tertiary/aromatic N) is 2. The fraction of sp³-hybridized carbons (Fsp3) is 0.150. The number of thiazole rings is 1. The number of nitriles is 1. The molecule has 0 saturated carbocycles. The Morgan fingerprint density at radius 2 is 1.93 bits per heavy atom. The number of hydrogen-bond acceptors (Lipinski definition) is 6. The average molecular weight is 427 g/mol. The van der Waals surface area contributed by atoms with Gasteiger partial charge >= 0.3 is 0 Å². The van der Waals surface area contributed by atoms with E-state index in [0.29, 0.717) is 33.9 Å². The molecule has 0 radical (unpaired) electrons. The van der Waals surface area contributed by atoms with Crippen molar-refractivity contribution in [3.8, 4) is 6.07 Å². The molecule has 9 heteroatoms. The molecule has 148 valence electrons. The third kappa shape index (κ3) is 5.63. The van der Waals surface area contributed by atoms with Crippen LogP contribution < -0.4 is 10.0 Å². The van der Waals surface area contributed by atoms with Crippen LogP contribution in [0.3, 0.4) is 0 Å². The number of rotatable bonds is 6. The summed E-state index contributed by atoms with van der Waals surface area (Å²) in [6.07, 6.45) is 3.40. The molecule has 0 fully saturated rings. The van der Waals surface area contributed by atoms with Crippen molar-refractivity contribution in [1.82, 2.24) is 4.98 Å². The molecule has 0 atom stereocenters. The van der Waals surface area contributed by atoms with Gasteiger partial charge in [0.15, 0.2) is 5.13 Å². The van der Waals surface area contributed by atoms with Crippen LogP contribution in [0.15, 0.2) is 48.7 Å². The Bertz CT molecular complexity index is 1190. The van der Waals surface area contributed by atoms with Crippen molar-refractivity contribution in [1.29, 1.82) is 5.26 Å². The van der Waals surface area contributed by atoms with Gasteiger partial charge < -0.3 is 0 Å². The fourth-order valence-electron chi connectivity index (χ4n) is 2.59. The summed E-state index contributed by atoms with van der Waals surface area (Å²) in [6.45, 7) is 1.76. The van der Waals surface area contributed by atoms with Crippen LogP contribution in [0.4, 0.5) is 10.8 Å². The van der Waals surface area contributed by atoms with Crippen molar-refractivity contribution in [3.05, 3.63) is 75.8 Å². The Morgan fingerprint density at radius 3 is 2.59 bits per heavy atom. The van der Waals surface area contributed by atoms with Crippen molar-refractivity contribution in [2.45, 2.75) is 13.3 Å². The van der Waals surface area contributed by atoms with E-state index in [1.54, 1.807) is 37.4 Å². The van der Waals surface area contributed by atoms with E-state index in [1.807, 2.05) is 12.1 Å². The summed E-state index contributed by atoms with van der Waals surface area (Å²) in [5.41, 5.74) is 3.05. The number of aryl methyl sites for hydroxylation is 1. The van der Waals surface area contributed by atoms with E-state index >= 15 is 0 Å². The van der Waals surface area contributed by atoms with E-state index in [1.165, 1.54) is 17.4 Å². The van der Waals surface area contributed by atoms with Gasteiger partial charge in [0, 0.05) is 23.1 Å². The Balaban J connectivity index is 1.70. The highest BCUT2D eigenvalue weighted by molar-refractivity contribution is 7.92. The maximum Gasteiger partial charge on any atom is 0.257 e. The van der Waals surface area contributed by atoms with Crippen molar-refractivity contribution >= 4 is 38.1 Å². The van der Waals surface area contributed by atoms with Crippen LogP contribution in [0.5, 0.6) is 0 Å². The van der Waals surface area contributed by atoms with Gasteiger partial charge in [0.05, 0.1) is 23.6 Å². The van der Waals surface area contributed by atoms with Crippen molar-refractivity contribution < 1.29 is 13.2 Å². The largest absolute Gasteiger partial charge is 0.298 e. The van der Waals surface area contributed by atoms with Gasteiger partial charge in [-0.25, -0.2) is 13.4 Å². The van der Waals surface area contributed by atoms with Crippen molar-refractivity contribution in [2.24, 2.45) is 0 Å². The molecule has 0 saturated heterocycles. The Kier molecular flexibility index (Phi) is 5.96. The maximum atomic E-state index is 12.5. The molecule has 0 aliphatic heterocycles. The number of aromatic nitrogens is 1. The zero-order valence-electron chi connectivity index (χ0n) is 15.8. The number of anilines is 2. The highest BCUT2D eigenvalue weighted by atomic mass is 32.2. The molecule has 0 bridgehead atoms. The molecule has 29 heavy (non-hydrogen) atoms. The van der Waals surface area contributed by atoms with Gasteiger partial charge in [-0.2, -0.15) is 5.26 Å². The van der Waals surface area contributed by atoms with Gasteiger partial charge in [-0.05, 0) is 42.3 Å². The van der Waals surface area contributed by atoms with Crippen LogP contribution in [0.25, 0.3) is 0 Å². The summed E-state index contributed by atoms with van der Waals surface area (Å²) in [7, 11) is -3.44. The first-order valence-electron chi connectivity index (χ1n) is 8.57. The molecule has 7 nitrogen and oxygen atoms in total. The van der Waals surface area contributed by atoms with Gasteiger partial charge in [-0.15, -0.1) is 11.3 Å². The highest BCUT2D eigenvalue weighted by Gasteiger charge is 2.13. The molecule has 3 rings (SSSR count). The van der Waals surface area contributed by atoms with Gasteiger partial charge in [0.2, 0.25) is 10.0 Å². The molecule has 1 amide bonds. The minimum Gasteiger partial charge on any atom is -0.298 e. The second-order valence-electron chi connectivity index (χ2n) is 6.48. The SMILES string of the molecule is Cc1ccc(C(=O)Nc2ncc(Cc3ccc(C#N)cc3)s2)cc1NS(C)(=O)=O. The minimum atomic E-state index is -3.44. The van der Waals surface area contributed by atoms with Crippen LogP contribution in [0.1, 0.15) is 31.9 Å². The molecular formula is C20H18N4O3S2. The molecule has 1 heterocycles. The Labute approximate surface area is 173 Å². The Morgan fingerprint density at radius 1 is 1.21 bits per heavy atom. The number of carbonyl (C=O) groups excluding carboxylic acids is 1. The number of sulfonamides is 1. The third-order valence-electron chi connectivity index (χ3n) is 4.03. The molecule has 3 aromatic rings. The lowest BCUT2D eigenvalue weighted by Gasteiger charge is -2.09. The number of hydrogen-bond donors (Lipinski definition) is 2. The average Bonchev–Trinajstić information content (AvgIpc) is 3.09. The standard InChI is InChI=1S/C20H18N4O3S2/c1-13-3-8-16(10-18(13)24-29(2,26)27)19(25)23-20-22-12-17(28-20)9-14-4-6-15(11-21)7-5-14/h3-8,10,12,24H,9H2,1-2H3,(H,22,23,25). The summed E-state index contributed by atoms with van der Waals surface area (Å²) in [5, 5.41) is 12.1. The smallest absolute Gasteiger partial charge is 0.257 e. The number of benzene rings is 2. The molecule has 0 spiro atoms. The summed E-state index contributed by atoms with van der Waals surface area (Å²) in [6, 6.07) is 14.2. The quantitative estimate of drug-likeness (QED) is 0.626. The highest BCUT2D eigenvalue weighted by Crippen LogP contribution is 2.23. The topological polar surface area (TPSA) is 112 Å². The van der Waals surface area contributed by atoms with Crippen LogP contribution in [0, 0.1) is 18.3 Å². The van der Waals surface area contributed by atoms with Crippen LogP contribution in [0.2, 0.25) is 0 Å². The normalized spacial score (nSPS) is 10.9. The maximum absolute atomic E-state index is 12.5. The summed E-state index contributed by atoms with van der Waals surface area (Å²) in [4.78, 5) is 17.7. The molecule has 0 aliphatic carbocycles. The lowest BCUT2D eigenvalue weighted by molar-refractivity contribution is 0.102. The number of nitrogens with one attached hydrogen (secondary N) is 2. The fourth-order valence-corrected chi connectivity index (χ4v) is 4.05. The monoisotopic (exact) mass is 426 g/mol. The van der Waals surface area contributed by atoms with Gasteiger partial charge in [-0.1, -0.05) is 18.2 Å². The molecule has 0 aliphatic rings. The molecular weight excluding hydrogens is 408 g/mol. The van der Waals surface area contributed by atoms with Crippen LogP contribution >= 0.6 is 11.3 Å². The molecule has 2 aromatic carbocycles. The number of carbonyl (C=O) groups is 1. The van der Waals surface area contributed by atoms with Crippen molar-refractivity contribution in [2.75, 3.05) is 16.3 Å². The minimum absolute atomic E-state index is 0.325. The lowest BCUT2D eigenvalue weighted by atomic mass is 10.1. The van der Waals surface area contributed by atoms with Gasteiger partial charge in [-0.3, -0.25) is 14.8 Å². The van der Waals surface area contributed by atoms with Crippen molar-refractivity contribution in [3.63, 3.8) is 0 Å². The number of amides is 1. The summed E-state index contributed by atoms with van der Waals surface area (Å²) >= 11 is 1.36. The van der Waals surface area contributed by atoms with E-state index in [4.69, 9.17) is 5.26 Å². The van der Waals surface area contributed by atoms with Gasteiger partial charge in [0.25, 0.3) is 5.91 Å². The zero-order chi connectivity index (χ0) is 21.0. The molecule has 1 aromatic heterocycles.